The normalized spacial score (nSPS) is 13.2. The van der Waals surface area contributed by atoms with E-state index in [-0.39, 0.29) is 0 Å². The molecule has 0 spiro atoms. The minimum Gasteiger partial charge on any atom is -0.320 e. The largest absolute Gasteiger partial charge is 0.320 e. The van der Waals surface area contributed by atoms with E-state index in [1.807, 2.05) is 21.1 Å². The molecule has 0 aliphatic carbocycles. The van der Waals surface area contributed by atoms with Gasteiger partial charge in [0.2, 0.25) is 0 Å². The number of hydrogen-bond acceptors (Lipinski definition) is 3. The molecule has 13 heavy (non-hydrogen) atoms. The highest BCUT2D eigenvalue weighted by molar-refractivity contribution is 4.63. The summed E-state index contributed by atoms with van der Waals surface area (Å²) in [6.07, 6.45) is 3.89. The smallest absolute Gasteiger partial charge is 0.00230 e. The van der Waals surface area contributed by atoms with Crippen LogP contribution < -0.4 is 16.0 Å². The van der Waals surface area contributed by atoms with E-state index in [0.29, 0.717) is 0 Å². The maximum Gasteiger partial charge on any atom is -0.00230 e. The van der Waals surface area contributed by atoms with Gasteiger partial charge in [0.15, 0.2) is 0 Å². The number of hydrogen-bond donors (Lipinski definition) is 3. The Morgan fingerprint density at radius 3 is 2.08 bits per heavy atom. The maximum absolute atomic E-state index is 3.26. The summed E-state index contributed by atoms with van der Waals surface area (Å²) in [4.78, 5) is 0. The Morgan fingerprint density at radius 1 is 0.846 bits per heavy atom. The Kier molecular flexibility index (Phi) is 9.87. The van der Waals surface area contributed by atoms with Gasteiger partial charge in [0.25, 0.3) is 0 Å². The standard InChI is InChI=1S/C10H25N3/c1-11-7-4-5-10(9-13-3)6-8-12-2/h10-13H,4-9H2,1-3H3. The molecule has 3 heteroatoms. The highest BCUT2D eigenvalue weighted by Gasteiger charge is 2.05. The molecule has 0 saturated heterocycles. The van der Waals surface area contributed by atoms with E-state index < -0.39 is 0 Å². The van der Waals surface area contributed by atoms with E-state index in [4.69, 9.17) is 0 Å². The summed E-state index contributed by atoms with van der Waals surface area (Å²) in [5, 5.41) is 9.64. The Bertz CT molecular complexity index is 96.2. The summed E-state index contributed by atoms with van der Waals surface area (Å²) in [7, 11) is 6.06. The molecule has 1 atom stereocenters. The van der Waals surface area contributed by atoms with E-state index in [1.54, 1.807) is 0 Å². The first-order valence-corrected chi connectivity index (χ1v) is 5.29. The van der Waals surface area contributed by atoms with Crippen LogP contribution >= 0.6 is 0 Å². The molecule has 0 heterocycles. The molecule has 0 aromatic rings. The molecular formula is C10H25N3. The van der Waals surface area contributed by atoms with Crippen molar-refractivity contribution in [3.05, 3.63) is 0 Å². The first-order chi connectivity index (χ1) is 6.35. The van der Waals surface area contributed by atoms with Crippen LogP contribution in [0.1, 0.15) is 19.3 Å². The van der Waals surface area contributed by atoms with Crippen molar-refractivity contribution < 1.29 is 0 Å². The van der Waals surface area contributed by atoms with Crippen molar-refractivity contribution in [1.29, 1.82) is 0 Å². The Balaban J connectivity index is 3.41. The molecule has 0 rings (SSSR count). The number of nitrogens with one attached hydrogen (secondary N) is 3. The Hall–Kier alpha value is -0.120. The van der Waals surface area contributed by atoms with Crippen LogP contribution in [0.5, 0.6) is 0 Å². The lowest BCUT2D eigenvalue weighted by Crippen LogP contribution is -2.23. The van der Waals surface area contributed by atoms with Crippen LogP contribution in [-0.4, -0.2) is 40.8 Å². The van der Waals surface area contributed by atoms with E-state index in [2.05, 4.69) is 16.0 Å². The van der Waals surface area contributed by atoms with Crippen molar-refractivity contribution in [1.82, 2.24) is 16.0 Å². The third-order valence-electron chi connectivity index (χ3n) is 2.33. The zero-order chi connectivity index (χ0) is 9.94. The second kappa shape index (κ2) is 9.96. The average Bonchev–Trinajstić information content (AvgIpc) is 2.14. The highest BCUT2D eigenvalue weighted by atomic mass is 14.8. The number of rotatable bonds is 9. The summed E-state index contributed by atoms with van der Waals surface area (Å²) >= 11 is 0. The molecule has 3 N–H and O–H groups in total. The molecule has 0 aromatic heterocycles. The quantitative estimate of drug-likeness (QED) is 0.458. The predicted octanol–water partition coefficient (Wildman–Crippen LogP) is 0.431. The summed E-state index contributed by atoms with van der Waals surface area (Å²) in [5.41, 5.74) is 0. The fraction of sp³-hybridized carbons (Fsp3) is 1.00. The van der Waals surface area contributed by atoms with Gasteiger partial charge in [-0.1, -0.05) is 0 Å². The van der Waals surface area contributed by atoms with Crippen LogP contribution in [0.3, 0.4) is 0 Å². The summed E-state index contributed by atoms with van der Waals surface area (Å²) < 4.78 is 0. The van der Waals surface area contributed by atoms with E-state index in [0.717, 1.165) is 25.6 Å². The van der Waals surface area contributed by atoms with Crippen molar-refractivity contribution >= 4 is 0 Å². The van der Waals surface area contributed by atoms with Crippen LogP contribution in [0, 0.1) is 5.92 Å². The Morgan fingerprint density at radius 2 is 1.54 bits per heavy atom. The van der Waals surface area contributed by atoms with Gasteiger partial charge in [-0.25, -0.2) is 0 Å². The molecule has 0 aliphatic heterocycles. The minimum absolute atomic E-state index is 0.825. The Labute approximate surface area is 82.7 Å². The molecule has 0 radical (unpaired) electrons. The van der Waals surface area contributed by atoms with E-state index in [1.165, 1.54) is 19.3 Å². The molecule has 0 saturated carbocycles. The van der Waals surface area contributed by atoms with Gasteiger partial charge in [0, 0.05) is 0 Å². The average molecular weight is 187 g/mol. The van der Waals surface area contributed by atoms with Crippen molar-refractivity contribution in [3.8, 4) is 0 Å². The maximum atomic E-state index is 3.26. The van der Waals surface area contributed by atoms with Gasteiger partial charge in [0.05, 0.1) is 0 Å². The molecule has 80 valence electrons. The second-order valence-corrected chi connectivity index (χ2v) is 3.56. The molecule has 1 unspecified atom stereocenters. The van der Waals surface area contributed by atoms with Crippen LogP contribution in [-0.2, 0) is 0 Å². The lowest BCUT2D eigenvalue weighted by atomic mass is 9.99. The minimum atomic E-state index is 0.825. The van der Waals surface area contributed by atoms with Crippen LogP contribution in [0.25, 0.3) is 0 Å². The van der Waals surface area contributed by atoms with Gasteiger partial charge in [-0.15, -0.1) is 0 Å². The van der Waals surface area contributed by atoms with Gasteiger partial charge in [-0.2, -0.15) is 0 Å². The van der Waals surface area contributed by atoms with Gasteiger partial charge in [-0.3, -0.25) is 0 Å². The molecule has 0 amide bonds. The monoisotopic (exact) mass is 187 g/mol. The summed E-state index contributed by atoms with van der Waals surface area (Å²) in [6.45, 7) is 3.41. The fourth-order valence-corrected chi connectivity index (χ4v) is 1.55. The van der Waals surface area contributed by atoms with E-state index in [9.17, 15) is 0 Å². The third kappa shape index (κ3) is 8.22. The van der Waals surface area contributed by atoms with Crippen molar-refractivity contribution in [3.63, 3.8) is 0 Å². The second-order valence-electron chi connectivity index (χ2n) is 3.56. The fourth-order valence-electron chi connectivity index (χ4n) is 1.55. The predicted molar refractivity (Wildman–Crippen MR) is 59.1 cm³/mol. The van der Waals surface area contributed by atoms with Crippen molar-refractivity contribution in [2.45, 2.75) is 19.3 Å². The summed E-state index contributed by atoms with van der Waals surface area (Å²) in [6, 6.07) is 0. The van der Waals surface area contributed by atoms with Crippen LogP contribution in [0.2, 0.25) is 0 Å². The molecule has 0 bridgehead atoms. The van der Waals surface area contributed by atoms with Gasteiger partial charge < -0.3 is 16.0 Å². The molecule has 0 fully saturated rings. The van der Waals surface area contributed by atoms with Crippen molar-refractivity contribution in [2.24, 2.45) is 5.92 Å². The molecular weight excluding hydrogens is 162 g/mol. The third-order valence-corrected chi connectivity index (χ3v) is 2.33. The van der Waals surface area contributed by atoms with Crippen molar-refractivity contribution in [2.75, 3.05) is 40.8 Å². The van der Waals surface area contributed by atoms with Gasteiger partial charge >= 0.3 is 0 Å². The molecule has 0 aromatic carbocycles. The first-order valence-electron chi connectivity index (χ1n) is 5.29. The van der Waals surface area contributed by atoms with Gasteiger partial charge in [-0.05, 0) is 66.0 Å². The lowest BCUT2D eigenvalue weighted by Gasteiger charge is -2.15. The van der Waals surface area contributed by atoms with Gasteiger partial charge in [0.1, 0.15) is 0 Å². The SMILES string of the molecule is CNCCCC(CCNC)CNC. The lowest BCUT2D eigenvalue weighted by molar-refractivity contribution is 0.413. The summed E-state index contributed by atoms with van der Waals surface area (Å²) in [5.74, 6) is 0.825. The van der Waals surface area contributed by atoms with Crippen LogP contribution in [0.15, 0.2) is 0 Å². The van der Waals surface area contributed by atoms with Crippen LogP contribution in [0.4, 0.5) is 0 Å². The molecule has 3 nitrogen and oxygen atoms in total. The molecule has 0 aliphatic rings. The first kappa shape index (κ1) is 12.9. The highest BCUT2D eigenvalue weighted by Crippen LogP contribution is 2.08. The topological polar surface area (TPSA) is 36.1 Å². The van der Waals surface area contributed by atoms with E-state index >= 15 is 0 Å². The zero-order valence-electron chi connectivity index (χ0n) is 9.32. The zero-order valence-corrected chi connectivity index (χ0v) is 9.32.